The Morgan fingerprint density at radius 3 is 2.78 bits per heavy atom. The number of carbonyl (C=O) groups excluding carboxylic acids is 1. The molecule has 1 aromatic carbocycles. The Labute approximate surface area is 158 Å². The third-order valence-electron chi connectivity index (χ3n) is 4.31. The number of hydrogen-bond acceptors (Lipinski definition) is 6. The standard InChI is InChI=1S/C19H24FN5O2/c1-3-27-19(26)25-9-7-15(8-10-25)23-18-21-13(2)11-17(24-18)22-16-6-4-5-14(20)12-16/h4-6,11-12,15H,3,7-10H2,1-2H3,(H2,21,22,23,24). The van der Waals surface area contributed by atoms with Gasteiger partial charge in [0.15, 0.2) is 0 Å². The number of anilines is 3. The average Bonchev–Trinajstić information content (AvgIpc) is 2.62. The smallest absolute Gasteiger partial charge is 0.409 e. The van der Waals surface area contributed by atoms with Crippen LogP contribution in [-0.2, 0) is 4.74 Å². The molecule has 2 N–H and O–H groups in total. The van der Waals surface area contributed by atoms with E-state index in [1.807, 2.05) is 6.92 Å². The molecule has 0 radical (unpaired) electrons. The second kappa shape index (κ2) is 8.66. The zero-order valence-electron chi connectivity index (χ0n) is 15.5. The number of amides is 1. The molecule has 1 fully saturated rings. The summed E-state index contributed by atoms with van der Waals surface area (Å²) in [4.78, 5) is 22.4. The van der Waals surface area contributed by atoms with Gasteiger partial charge in [-0.25, -0.2) is 14.2 Å². The van der Waals surface area contributed by atoms with Crippen LogP contribution in [0.15, 0.2) is 30.3 Å². The fourth-order valence-corrected chi connectivity index (χ4v) is 3.01. The molecule has 3 rings (SSSR count). The summed E-state index contributed by atoms with van der Waals surface area (Å²) in [7, 11) is 0. The molecule has 144 valence electrons. The maximum absolute atomic E-state index is 13.4. The van der Waals surface area contributed by atoms with Crippen molar-refractivity contribution < 1.29 is 13.9 Å². The van der Waals surface area contributed by atoms with Crippen molar-refractivity contribution in [1.29, 1.82) is 0 Å². The van der Waals surface area contributed by atoms with Crippen LogP contribution >= 0.6 is 0 Å². The minimum absolute atomic E-state index is 0.180. The van der Waals surface area contributed by atoms with Crippen molar-refractivity contribution in [1.82, 2.24) is 14.9 Å². The summed E-state index contributed by atoms with van der Waals surface area (Å²) in [6.07, 6.45) is 1.33. The Morgan fingerprint density at radius 2 is 2.07 bits per heavy atom. The number of aryl methyl sites for hydroxylation is 1. The highest BCUT2D eigenvalue weighted by molar-refractivity contribution is 5.67. The molecule has 7 nitrogen and oxygen atoms in total. The third kappa shape index (κ3) is 5.29. The minimum Gasteiger partial charge on any atom is -0.450 e. The summed E-state index contributed by atoms with van der Waals surface area (Å²) in [6.45, 7) is 5.34. The van der Waals surface area contributed by atoms with E-state index in [0.717, 1.165) is 18.5 Å². The van der Waals surface area contributed by atoms with Gasteiger partial charge in [-0.1, -0.05) is 6.07 Å². The lowest BCUT2D eigenvalue weighted by atomic mass is 10.1. The molecule has 2 heterocycles. The van der Waals surface area contributed by atoms with Crippen molar-refractivity contribution in [3.63, 3.8) is 0 Å². The van der Waals surface area contributed by atoms with Crippen LogP contribution in [0.2, 0.25) is 0 Å². The minimum atomic E-state index is -0.308. The molecule has 0 aliphatic carbocycles. The first-order valence-electron chi connectivity index (χ1n) is 9.10. The maximum Gasteiger partial charge on any atom is 0.409 e. The number of halogens is 1. The highest BCUT2D eigenvalue weighted by atomic mass is 19.1. The molecule has 0 saturated carbocycles. The summed E-state index contributed by atoms with van der Waals surface area (Å²) < 4.78 is 18.4. The molecule has 0 spiro atoms. The van der Waals surface area contributed by atoms with Crippen LogP contribution in [0.1, 0.15) is 25.5 Å². The molecule has 1 aliphatic heterocycles. The molecule has 1 saturated heterocycles. The van der Waals surface area contributed by atoms with E-state index in [-0.39, 0.29) is 18.0 Å². The van der Waals surface area contributed by atoms with Gasteiger partial charge in [0.2, 0.25) is 5.95 Å². The molecule has 8 heteroatoms. The van der Waals surface area contributed by atoms with E-state index < -0.39 is 0 Å². The van der Waals surface area contributed by atoms with E-state index in [9.17, 15) is 9.18 Å². The maximum atomic E-state index is 13.4. The van der Waals surface area contributed by atoms with Crippen LogP contribution in [0.5, 0.6) is 0 Å². The lowest BCUT2D eigenvalue weighted by Gasteiger charge is -2.31. The summed E-state index contributed by atoms with van der Waals surface area (Å²) in [5, 5.41) is 6.43. The fraction of sp³-hybridized carbons (Fsp3) is 0.421. The van der Waals surface area contributed by atoms with Gasteiger partial charge in [-0.3, -0.25) is 0 Å². The van der Waals surface area contributed by atoms with Crippen molar-refractivity contribution in [3.8, 4) is 0 Å². The Balaban J connectivity index is 1.61. The molecule has 2 aromatic rings. The second-order valence-corrected chi connectivity index (χ2v) is 6.46. The number of benzene rings is 1. The number of rotatable bonds is 5. The van der Waals surface area contributed by atoms with E-state index >= 15 is 0 Å². The van der Waals surface area contributed by atoms with Crippen molar-refractivity contribution in [2.45, 2.75) is 32.7 Å². The van der Waals surface area contributed by atoms with Gasteiger partial charge < -0.3 is 20.3 Å². The van der Waals surface area contributed by atoms with E-state index in [1.165, 1.54) is 12.1 Å². The molecule has 1 aliphatic rings. The summed E-state index contributed by atoms with van der Waals surface area (Å²) in [5.74, 6) is 0.806. The lowest BCUT2D eigenvalue weighted by Crippen LogP contribution is -2.42. The molecule has 1 amide bonds. The van der Waals surface area contributed by atoms with Gasteiger partial charge in [0.25, 0.3) is 0 Å². The summed E-state index contributed by atoms with van der Waals surface area (Å²) in [5.41, 5.74) is 1.43. The molecule has 27 heavy (non-hydrogen) atoms. The topological polar surface area (TPSA) is 79.4 Å². The van der Waals surface area contributed by atoms with E-state index in [4.69, 9.17) is 4.74 Å². The average molecular weight is 373 g/mol. The van der Waals surface area contributed by atoms with Crippen molar-refractivity contribution >= 4 is 23.5 Å². The Hall–Kier alpha value is -2.90. The third-order valence-corrected chi connectivity index (χ3v) is 4.31. The first kappa shape index (κ1) is 18.9. The molecular formula is C19H24FN5O2. The van der Waals surface area contributed by atoms with Crippen LogP contribution in [0.3, 0.4) is 0 Å². The number of nitrogens with one attached hydrogen (secondary N) is 2. The van der Waals surface area contributed by atoms with Gasteiger partial charge in [-0.05, 0) is 44.9 Å². The number of hydrogen-bond donors (Lipinski definition) is 2. The van der Waals surface area contributed by atoms with Crippen LogP contribution in [0, 0.1) is 12.7 Å². The largest absolute Gasteiger partial charge is 0.450 e. The number of piperidine rings is 1. The Kier molecular flexibility index (Phi) is 6.05. The van der Waals surface area contributed by atoms with Crippen molar-refractivity contribution in [2.24, 2.45) is 0 Å². The summed E-state index contributed by atoms with van der Waals surface area (Å²) in [6, 6.07) is 8.21. The SMILES string of the molecule is CCOC(=O)N1CCC(Nc2nc(C)cc(Nc3cccc(F)c3)n2)CC1. The Morgan fingerprint density at radius 1 is 1.30 bits per heavy atom. The van der Waals surface area contributed by atoms with E-state index in [1.54, 1.807) is 30.0 Å². The van der Waals surface area contributed by atoms with Gasteiger partial charge >= 0.3 is 6.09 Å². The second-order valence-electron chi connectivity index (χ2n) is 6.46. The zero-order valence-corrected chi connectivity index (χ0v) is 15.5. The number of ether oxygens (including phenoxy) is 1. The van der Waals surface area contributed by atoms with Gasteiger partial charge in [-0.15, -0.1) is 0 Å². The van der Waals surface area contributed by atoms with Gasteiger partial charge in [-0.2, -0.15) is 4.98 Å². The van der Waals surface area contributed by atoms with Gasteiger partial charge in [0, 0.05) is 36.6 Å². The molecule has 0 bridgehead atoms. The molecule has 1 aromatic heterocycles. The van der Waals surface area contributed by atoms with E-state index in [0.29, 0.717) is 37.1 Å². The van der Waals surface area contributed by atoms with Crippen LogP contribution in [0.4, 0.5) is 26.6 Å². The molecule has 0 atom stereocenters. The van der Waals surface area contributed by atoms with Gasteiger partial charge in [0.05, 0.1) is 6.61 Å². The highest BCUT2D eigenvalue weighted by Gasteiger charge is 2.24. The monoisotopic (exact) mass is 373 g/mol. The first-order chi connectivity index (χ1) is 13.0. The number of aromatic nitrogens is 2. The molecule has 0 unspecified atom stereocenters. The highest BCUT2D eigenvalue weighted by Crippen LogP contribution is 2.20. The predicted molar refractivity (Wildman–Crippen MR) is 102 cm³/mol. The normalized spacial score (nSPS) is 14.7. The van der Waals surface area contributed by atoms with Gasteiger partial charge in [0.1, 0.15) is 11.6 Å². The Bertz CT molecular complexity index is 793. The number of likely N-dealkylation sites (tertiary alicyclic amines) is 1. The van der Waals surface area contributed by atoms with E-state index in [2.05, 4.69) is 20.6 Å². The van der Waals surface area contributed by atoms with Crippen molar-refractivity contribution in [2.75, 3.05) is 30.3 Å². The van der Waals surface area contributed by atoms with Crippen LogP contribution in [-0.4, -0.2) is 46.7 Å². The van der Waals surface area contributed by atoms with Crippen LogP contribution in [0.25, 0.3) is 0 Å². The lowest BCUT2D eigenvalue weighted by molar-refractivity contribution is 0.0983. The van der Waals surface area contributed by atoms with Crippen molar-refractivity contribution in [3.05, 3.63) is 41.8 Å². The number of carbonyl (C=O) groups is 1. The predicted octanol–water partition coefficient (Wildman–Crippen LogP) is 3.70. The quantitative estimate of drug-likeness (QED) is 0.832. The molecular weight excluding hydrogens is 349 g/mol. The zero-order chi connectivity index (χ0) is 19.2. The first-order valence-corrected chi connectivity index (χ1v) is 9.10. The summed E-state index contributed by atoms with van der Waals surface area (Å²) >= 11 is 0. The van der Waals surface area contributed by atoms with Crippen LogP contribution < -0.4 is 10.6 Å². The fourth-order valence-electron chi connectivity index (χ4n) is 3.01. The number of nitrogens with zero attached hydrogens (tertiary/aromatic N) is 3.